The van der Waals surface area contributed by atoms with E-state index in [9.17, 15) is 49.4 Å². The summed E-state index contributed by atoms with van der Waals surface area (Å²) >= 11 is 0. The third kappa shape index (κ3) is 8.87. The number of aliphatic imine (C=N–C) groups is 1. The van der Waals surface area contributed by atoms with Crippen molar-refractivity contribution >= 4 is 23.6 Å². The van der Waals surface area contributed by atoms with Crippen LogP contribution in [0, 0.1) is 5.82 Å². The topological polar surface area (TPSA) is 91.4 Å². The predicted molar refractivity (Wildman–Crippen MR) is 144 cm³/mol. The molecule has 3 N–H and O–H groups in total. The molecule has 1 saturated heterocycles. The number of hydrogen-bond acceptors (Lipinski definition) is 6. The summed E-state index contributed by atoms with van der Waals surface area (Å²) < 4.78 is 129. The molecule has 1 fully saturated rings. The van der Waals surface area contributed by atoms with Gasteiger partial charge in [-0.1, -0.05) is 0 Å². The molecule has 7 nitrogen and oxygen atoms in total. The van der Waals surface area contributed by atoms with E-state index in [4.69, 9.17) is 10.5 Å². The first-order chi connectivity index (χ1) is 20.3. The van der Waals surface area contributed by atoms with Crippen molar-refractivity contribution < 1.29 is 54.2 Å². The van der Waals surface area contributed by atoms with Crippen LogP contribution in [-0.4, -0.2) is 66.6 Å². The highest BCUT2D eigenvalue weighted by Crippen LogP contribution is 2.44. The molecule has 0 spiro atoms. The Balaban J connectivity index is 2.03. The first kappa shape index (κ1) is 34.7. The van der Waals surface area contributed by atoms with Crippen molar-refractivity contribution in [2.45, 2.75) is 50.7 Å². The summed E-state index contributed by atoms with van der Waals surface area (Å²) in [6.45, 7) is 1.67. The van der Waals surface area contributed by atoms with Gasteiger partial charge in [-0.05, 0) is 50.2 Å². The minimum atomic E-state index is -5.45. The molecule has 1 atom stereocenters. The molecule has 3 rings (SSSR count). The van der Waals surface area contributed by atoms with Crippen LogP contribution in [0.1, 0.15) is 37.0 Å². The van der Waals surface area contributed by atoms with E-state index in [1.807, 2.05) is 0 Å². The quantitative estimate of drug-likeness (QED) is 0.246. The lowest BCUT2D eigenvalue weighted by Gasteiger charge is -2.27. The second-order valence-electron chi connectivity index (χ2n) is 10.3. The van der Waals surface area contributed by atoms with Gasteiger partial charge in [-0.15, -0.1) is 0 Å². The number of carbonyl (C=O) groups is 1. The number of allylic oxidation sites excluding steroid dienone is 1. The number of rotatable bonds is 9. The highest BCUT2D eigenvalue weighted by atomic mass is 19.4. The summed E-state index contributed by atoms with van der Waals surface area (Å²) in [7, 11) is 0. The molecule has 1 amide bonds. The standard InChI is InChI=1S/C28H29F9N4O3/c1-16(2)41(20-5-3-19(29)4-6-20)25(43)44-24-22(9-18(27(32,33)34)10-23(24)28(35,36)37)17(11-38)12-39-13-21(42)14-40-8-7-26(30,31)15-40/h3-6,9-12,16,21,42H,7-8,13-15,38H2,1-2H3. The normalized spacial score (nSPS) is 17.0. The van der Waals surface area contributed by atoms with Gasteiger partial charge in [0.15, 0.2) is 5.75 Å². The number of amides is 1. The molecular weight excluding hydrogens is 611 g/mol. The lowest BCUT2D eigenvalue weighted by Crippen LogP contribution is -2.39. The molecule has 242 valence electrons. The van der Waals surface area contributed by atoms with Crippen LogP contribution in [0.5, 0.6) is 5.75 Å². The van der Waals surface area contributed by atoms with Gasteiger partial charge in [-0.25, -0.2) is 18.0 Å². The molecule has 0 aromatic heterocycles. The zero-order valence-electron chi connectivity index (χ0n) is 23.4. The number of ether oxygens (including phenoxy) is 1. The third-order valence-corrected chi connectivity index (χ3v) is 6.48. The van der Waals surface area contributed by atoms with Crippen molar-refractivity contribution in [3.8, 4) is 5.75 Å². The average molecular weight is 641 g/mol. The number of aliphatic hydroxyl groups is 1. The number of aliphatic hydroxyl groups excluding tert-OH is 1. The van der Waals surface area contributed by atoms with Crippen LogP contribution in [0.25, 0.3) is 5.57 Å². The van der Waals surface area contributed by atoms with E-state index in [-0.39, 0.29) is 24.8 Å². The van der Waals surface area contributed by atoms with E-state index >= 15 is 0 Å². The first-order valence-corrected chi connectivity index (χ1v) is 13.1. The largest absolute Gasteiger partial charge is 0.420 e. The summed E-state index contributed by atoms with van der Waals surface area (Å²) in [6.07, 6.45) is -12.5. The number of halogens is 9. The Hall–Kier alpha value is -3.79. The molecule has 44 heavy (non-hydrogen) atoms. The molecule has 2 aromatic rings. The van der Waals surface area contributed by atoms with E-state index in [2.05, 4.69) is 4.99 Å². The molecule has 0 saturated carbocycles. The minimum absolute atomic E-state index is 0.00618. The van der Waals surface area contributed by atoms with Gasteiger partial charge in [0.25, 0.3) is 5.92 Å². The lowest BCUT2D eigenvalue weighted by atomic mass is 9.98. The molecule has 2 aromatic carbocycles. The Kier molecular flexibility index (Phi) is 10.6. The maximum atomic E-state index is 14.2. The van der Waals surface area contributed by atoms with Crippen LogP contribution in [0.15, 0.2) is 47.6 Å². The van der Waals surface area contributed by atoms with E-state index in [1.54, 1.807) is 0 Å². The van der Waals surface area contributed by atoms with Crippen molar-refractivity contribution in [3.63, 3.8) is 0 Å². The molecule has 1 aliphatic heterocycles. The fourth-order valence-corrected chi connectivity index (χ4v) is 4.47. The molecule has 1 unspecified atom stereocenters. The number of β-amino-alcohol motifs (C(OH)–C–C–N with tert-alkyl or cyclic N) is 1. The van der Waals surface area contributed by atoms with Gasteiger partial charge in [0.1, 0.15) is 5.82 Å². The Labute approximate surface area is 246 Å². The van der Waals surface area contributed by atoms with Crippen LogP contribution in [0.2, 0.25) is 0 Å². The van der Waals surface area contributed by atoms with Gasteiger partial charge in [0.05, 0.1) is 30.3 Å². The average Bonchev–Trinajstić information content (AvgIpc) is 3.24. The van der Waals surface area contributed by atoms with E-state index < -0.39 is 89.9 Å². The van der Waals surface area contributed by atoms with Crippen LogP contribution in [-0.2, 0) is 12.4 Å². The minimum Gasteiger partial charge on any atom is -0.409 e. The lowest BCUT2D eigenvalue weighted by molar-refractivity contribution is -0.143. The number of benzene rings is 2. The molecule has 0 radical (unpaired) electrons. The number of carbonyl (C=O) groups excluding carboxylic acids is 1. The van der Waals surface area contributed by atoms with Gasteiger partial charge in [0.2, 0.25) is 0 Å². The number of anilines is 1. The highest BCUT2D eigenvalue weighted by molar-refractivity contribution is 6.11. The van der Waals surface area contributed by atoms with Gasteiger partial charge in [-0.3, -0.25) is 14.8 Å². The second kappa shape index (κ2) is 13.5. The molecule has 1 aliphatic rings. The smallest absolute Gasteiger partial charge is 0.409 e. The SMILES string of the molecule is CC(C)N(C(=O)Oc1c(C(C=NCC(O)CN2CCC(F)(F)C2)=CN)cc(C(F)(F)F)cc1C(F)(F)F)c1ccc(F)cc1. The predicted octanol–water partition coefficient (Wildman–Crippen LogP) is 6.35. The zero-order chi connectivity index (χ0) is 33.0. The Morgan fingerprint density at radius 2 is 1.77 bits per heavy atom. The van der Waals surface area contributed by atoms with Crippen molar-refractivity contribution in [3.05, 3.63) is 65.1 Å². The second-order valence-corrected chi connectivity index (χ2v) is 10.3. The number of hydrogen-bond donors (Lipinski definition) is 2. The van der Waals surface area contributed by atoms with Crippen molar-refractivity contribution in [1.82, 2.24) is 4.90 Å². The Morgan fingerprint density at radius 3 is 2.27 bits per heavy atom. The number of likely N-dealkylation sites (tertiary alicyclic amines) is 1. The molecule has 0 aliphatic carbocycles. The van der Waals surface area contributed by atoms with Crippen LogP contribution >= 0.6 is 0 Å². The zero-order valence-corrected chi connectivity index (χ0v) is 23.4. The molecule has 16 heteroatoms. The maximum Gasteiger partial charge on any atom is 0.420 e. The summed E-state index contributed by atoms with van der Waals surface area (Å²) in [4.78, 5) is 19.2. The van der Waals surface area contributed by atoms with Gasteiger partial charge < -0.3 is 15.6 Å². The van der Waals surface area contributed by atoms with E-state index in [0.29, 0.717) is 12.3 Å². The van der Waals surface area contributed by atoms with Gasteiger partial charge >= 0.3 is 18.4 Å². The van der Waals surface area contributed by atoms with Crippen molar-refractivity contribution in [2.75, 3.05) is 31.1 Å². The third-order valence-electron chi connectivity index (χ3n) is 6.48. The summed E-state index contributed by atoms with van der Waals surface area (Å²) in [6, 6.07) is 3.59. The molecule has 0 bridgehead atoms. The van der Waals surface area contributed by atoms with E-state index in [1.165, 1.54) is 18.7 Å². The van der Waals surface area contributed by atoms with Crippen molar-refractivity contribution in [1.29, 1.82) is 0 Å². The molecule has 1 heterocycles. The highest BCUT2D eigenvalue weighted by Gasteiger charge is 2.42. The number of alkyl halides is 8. The number of nitrogens with zero attached hydrogens (tertiary/aromatic N) is 3. The summed E-state index contributed by atoms with van der Waals surface area (Å²) in [5.74, 6) is -4.91. The Morgan fingerprint density at radius 1 is 1.14 bits per heavy atom. The fraction of sp³-hybridized carbons (Fsp3) is 0.429. The van der Waals surface area contributed by atoms with Crippen LogP contribution in [0.4, 0.5) is 50.0 Å². The monoisotopic (exact) mass is 640 g/mol. The fourth-order valence-electron chi connectivity index (χ4n) is 4.47. The first-order valence-electron chi connectivity index (χ1n) is 13.1. The van der Waals surface area contributed by atoms with Crippen LogP contribution < -0.4 is 15.4 Å². The van der Waals surface area contributed by atoms with Crippen LogP contribution in [0.3, 0.4) is 0 Å². The maximum absolute atomic E-state index is 14.2. The Bertz CT molecular complexity index is 1370. The molecular formula is C28H29F9N4O3. The van der Waals surface area contributed by atoms with Gasteiger partial charge in [-0.2, -0.15) is 26.3 Å². The summed E-state index contributed by atoms with van der Waals surface area (Å²) in [5.41, 5.74) is 0.464. The van der Waals surface area contributed by atoms with Crippen molar-refractivity contribution in [2.24, 2.45) is 10.7 Å². The number of nitrogens with two attached hydrogens (primary N) is 1. The van der Waals surface area contributed by atoms with E-state index in [0.717, 1.165) is 35.4 Å². The summed E-state index contributed by atoms with van der Waals surface area (Å²) in [5, 5.41) is 10.2. The van der Waals surface area contributed by atoms with Gasteiger partial charge in [0, 0.05) is 54.8 Å².